The van der Waals surface area contributed by atoms with Gasteiger partial charge in [0.05, 0.1) is 12.2 Å². The van der Waals surface area contributed by atoms with Crippen molar-refractivity contribution in [2.24, 2.45) is 34.5 Å². The van der Waals surface area contributed by atoms with Crippen molar-refractivity contribution in [2.75, 3.05) is 0 Å². The molecule has 8 atom stereocenters. The first kappa shape index (κ1) is 17.7. The maximum absolute atomic E-state index is 12.6. The molecule has 0 aromatic rings. The van der Waals surface area contributed by atoms with Crippen molar-refractivity contribution in [3.05, 3.63) is 11.6 Å². The minimum Gasteiger partial charge on any atom is -0.393 e. The summed E-state index contributed by atoms with van der Waals surface area (Å²) < 4.78 is 0. The number of hydrogen-bond acceptors (Lipinski definition) is 3. The average Bonchev–Trinajstić information content (AvgIpc) is 2.89. The molecule has 4 aliphatic rings. The third-order valence-electron chi connectivity index (χ3n) is 8.89. The van der Waals surface area contributed by atoms with Crippen molar-refractivity contribution in [1.29, 1.82) is 0 Å². The fourth-order valence-electron chi connectivity index (χ4n) is 7.27. The highest BCUT2D eigenvalue weighted by Crippen LogP contribution is 2.65. The highest BCUT2D eigenvalue weighted by molar-refractivity contribution is 5.94. The third-order valence-corrected chi connectivity index (χ3v) is 8.89. The van der Waals surface area contributed by atoms with Gasteiger partial charge in [0.25, 0.3) is 0 Å². The Hall–Kier alpha value is -0.670. The van der Waals surface area contributed by atoms with Crippen LogP contribution in [0.4, 0.5) is 0 Å². The lowest BCUT2D eigenvalue weighted by Gasteiger charge is -2.58. The molecule has 0 spiro atoms. The van der Waals surface area contributed by atoms with Crippen molar-refractivity contribution >= 4 is 5.78 Å². The second-order valence-electron chi connectivity index (χ2n) is 9.83. The Morgan fingerprint density at radius 3 is 2.68 bits per heavy atom. The van der Waals surface area contributed by atoms with Gasteiger partial charge in [-0.3, -0.25) is 4.79 Å². The molecular weight excluding hydrogens is 312 g/mol. The normalized spacial score (nSPS) is 50.5. The maximum Gasteiger partial charge on any atom is 0.161 e. The fraction of sp³-hybridized carbons (Fsp3) is 0.864. The first-order valence-electron chi connectivity index (χ1n) is 10.4. The van der Waals surface area contributed by atoms with Crippen molar-refractivity contribution in [1.82, 2.24) is 0 Å². The molecule has 0 aromatic carbocycles. The molecule has 4 rings (SSSR count). The zero-order valence-electron chi connectivity index (χ0n) is 16.0. The lowest BCUT2D eigenvalue weighted by atomic mass is 9.46. The minimum atomic E-state index is -0.510. The number of allylic oxidation sites excluding steroid dienone is 1. The predicted octanol–water partition coefficient (Wildman–Crippen LogP) is 3.88. The summed E-state index contributed by atoms with van der Waals surface area (Å²) >= 11 is 0. The molecule has 0 radical (unpaired) electrons. The van der Waals surface area contributed by atoms with Crippen molar-refractivity contribution in [3.63, 3.8) is 0 Å². The van der Waals surface area contributed by atoms with Gasteiger partial charge in [0, 0.05) is 5.92 Å². The largest absolute Gasteiger partial charge is 0.393 e. The highest BCUT2D eigenvalue weighted by atomic mass is 16.3. The van der Waals surface area contributed by atoms with Crippen LogP contribution in [0.1, 0.15) is 72.1 Å². The number of carbonyl (C=O) groups excluding carboxylic acids is 1. The molecule has 25 heavy (non-hydrogen) atoms. The summed E-state index contributed by atoms with van der Waals surface area (Å²) in [6.45, 7) is 6.65. The van der Waals surface area contributed by atoms with Gasteiger partial charge >= 0.3 is 0 Å². The van der Waals surface area contributed by atoms with E-state index < -0.39 is 6.10 Å². The van der Waals surface area contributed by atoms with Crippen molar-refractivity contribution in [2.45, 2.75) is 84.3 Å². The highest BCUT2D eigenvalue weighted by Gasteiger charge is 2.59. The zero-order chi connectivity index (χ0) is 18.0. The van der Waals surface area contributed by atoms with Crippen LogP contribution in [-0.2, 0) is 4.79 Å². The predicted molar refractivity (Wildman–Crippen MR) is 97.9 cm³/mol. The number of carbonyl (C=O) groups is 1. The van der Waals surface area contributed by atoms with E-state index in [4.69, 9.17) is 0 Å². The van der Waals surface area contributed by atoms with Gasteiger partial charge in [0.1, 0.15) is 0 Å². The third kappa shape index (κ3) is 2.41. The molecule has 0 aromatic heterocycles. The Bertz CT molecular complexity index is 596. The van der Waals surface area contributed by atoms with E-state index in [1.54, 1.807) is 0 Å². The molecule has 2 unspecified atom stereocenters. The van der Waals surface area contributed by atoms with Crippen LogP contribution in [0, 0.1) is 34.5 Å². The number of fused-ring (bicyclic) bond motifs is 5. The summed E-state index contributed by atoms with van der Waals surface area (Å²) in [5.74, 6) is 1.84. The second kappa shape index (κ2) is 5.92. The molecule has 0 bridgehead atoms. The Balaban J connectivity index is 1.66. The van der Waals surface area contributed by atoms with E-state index in [0.29, 0.717) is 24.2 Å². The van der Waals surface area contributed by atoms with Gasteiger partial charge in [0.2, 0.25) is 0 Å². The first-order valence-corrected chi connectivity index (χ1v) is 10.4. The molecule has 3 saturated carbocycles. The molecular formula is C22H34O3. The van der Waals surface area contributed by atoms with Crippen LogP contribution < -0.4 is 0 Å². The summed E-state index contributed by atoms with van der Waals surface area (Å²) in [4.78, 5) is 12.6. The summed E-state index contributed by atoms with van der Waals surface area (Å²) in [5.41, 5.74) is 1.51. The van der Waals surface area contributed by atoms with Crippen LogP contribution >= 0.6 is 0 Å². The van der Waals surface area contributed by atoms with Gasteiger partial charge in [-0.25, -0.2) is 0 Å². The molecule has 3 heteroatoms. The monoisotopic (exact) mass is 346 g/mol. The number of aliphatic hydroxyl groups is 2. The molecule has 4 aliphatic carbocycles. The average molecular weight is 347 g/mol. The molecule has 3 fully saturated rings. The van der Waals surface area contributed by atoms with Crippen molar-refractivity contribution < 1.29 is 15.0 Å². The van der Waals surface area contributed by atoms with Crippen LogP contribution in [0.25, 0.3) is 0 Å². The van der Waals surface area contributed by atoms with Crippen molar-refractivity contribution in [3.8, 4) is 0 Å². The second-order valence-corrected chi connectivity index (χ2v) is 9.83. The Morgan fingerprint density at radius 2 is 1.96 bits per heavy atom. The van der Waals surface area contributed by atoms with Gasteiger partial charge in [0.15, 0.2) is 5.78 Å². The molecule has 0 saturated heterocycles. The lowest BCUT2D eigenvalue weighted by molar-refractivity contribution is -0.128. The topological polar surface area (TPSA) is 57.5 Å². The van der Waals surface area contributed by atoms with E-state index in [1.807, 2.05) is 13.0 Å². The van der Waals surface area contributed by atoms with E-state index in [2.05, 4.69) is 13.8 Å². The lowest BCUT2D eigenvalue weighted by Crippen LogP contribution is -2.53. The summed E-state index contributed by atoms with van der Waals surface area (Å²) in [6, 6.07) is 0. The van der Waals surface area contributed by atoms with Crippen LogP contribution in [0.5, 0.6) is 0 Å². The fourth-order valence-corrected chi connectivity index (χ4v) is 7.27. The standard InChI is InChI=1S/C22H34O3/c1-4-18(23)15-12-22(3)13(11-19(15)24)5-6-14-16-7-8-20(25)21(16,2)10-9-17(14)22/h11,14-18,20,23,25H,4-10,12H2,1-3H3/t14-,15?,16-,17-,18?,20-,21-,22-/m0/s1. The Kier molecular flexibility index (Phi) is 4.20. The van der Waals surface area contributed by atoms with Gasteiger partial charge in [-0.2, -0.15) is 0 Å². The molecule has 3 nitrogen and oxygen atoms in total. The number of hydrogen-bond donors (Lipinski definition) is 2. The summed E-state index contributed by atoms with van der Waals surface area (Å²) in [5, 5.41) is 21.0. The van der Waals surface area contributed by atoms with E-state index in [9.17, 15) is 15.0 Å². The molecule has 0 aliphatic heterocycles. The summed E-state index contributed by atoms with van der Waals surface area (Å²) in [6.07, 6.45) is 9.32. The smallest absolute Gasteiger partial charge is 0.161 e. The number of ketones is 1. The first-order chi connectivity index (χ1) is 11.8. The molecule has 0 amide bonds. The van der Waals surface area contributed by atoms with Gasteiger partial charge in [-0.1, -0.05) is 26.3 Å². The van der Waals surface area contributed by atoms with Gasteiger partial charge in [-0.05, 0) is 86.0 Å². The number of rotatable bonds is 2. The van der Waals surface area contributed by atoms with Crippen LogP contribution in [-0.4, -0.2) is 28.2 Å². The van der Waals surface area contributed by atoms with Gasteiger partial charge < -0.3 is 10.2 Å². The summed E-state index contributed by atoms with van der Waals surface area (Å²) in [7, 11) is 0. The van der Waals surface area contributed by atoms with Gasteiger partial charge in [-0.15, -0.1) is 0 Å². The van der Waals surface area contributed by atoms with Crippen LogP contribution in [0.3, 0.4) is 0 Å². The SMILES string of the molecule is CCC(O)C1C[C@@]2(C)C(=CC1=O)CC[C@H]1[C@@H]3CC[C@H](O)[C@@]3(C)CC[C@@H]12. The molecule has 0 heterocycles. The molecule has 2 N–H and O–H groups in total. The van der Waals surface area contributed by atoms with E-state index in [1.165, 1.54) is 12.0 Å². The Labute approximate surface area is 151 Å². The van der Waals surface area contributed by atoms with E-state index >= 15 is 0 Å². The zero-order valence-corrected chi connectivity index (χ0v) is 16.0. The van der Waals surface area contributed by atoms with Crippen LogP contribution in [0.2, 0.25) is 0 Å². The minimum absolute atomic E-state index is 0.0620. The number of aliphatic hydroxyl groups excluding tert-OH is 2. The van der Waals surface area contributed by atoms with Crippen LogP contribution in [0.15, 0.2) is 11.6 Å². The quantitative estimate of drug-likeness (QED) is 0.798. The molecule has 140 valence electrons. The Morgan fingerprint density at radius 1 is 1.20 bits per heavy atom. The van der Waals surface area contributed by atoms with E-state index in [0.717, 1.165) is 38.5 Å². The van der Waals surface area contributed by atoms with E-state index in [-0.39, 0.29) is 28.6 Å². The maximum atomic E-state index is 12.6.